The van der Waals surface area contributed by atoms with E-state index < -0.39 is 18.5 Å². The minimum atomic E-state index is -4.20. The summed E-state index contributed by atoms with van der Waals surface area (Å²) in [5.74, 6) is -1.35. The van der Waals surface area contributed by atoms with Gasteiger partial charge in [0, 0.05) is 24.4 Å². The molecule has 3 nitrogen and oxygen atoms in total. The number of hydrogen-bond donors (Lipinski definition) is 1. The van der Waals surface area contributed by atoms with Crippen LogP contribution in [0.25, 0.3) is 0 Å². The molecular formula is C23H25F4NO2. The Kier molecular flexibility index (Phi) is 6.81. The van der Waals surface area contributed by atoms with Crippen molar-refractivity contribution in [1.82, 2.24) is 4.90 Å². The highest BCUT2D eigenvalue weighted by atomic mass is 19.4. The molecule has 30 heavy (non-hydrogen) atoms. The fourth-order valence-corrected chi connectivity index (χ4v) is 4.26. The Bertz CT molecular complexity index is 897. The molecular weight excluding hydrogens is 398 g/mol. The zero-order valence-electron chi connectivity index (χ0n) is 16.8. The first-order valence-electron chi connectivity index (χ1n) is 10.0. The first-order valence-corrected chi connectivity index (χ1v) is 10.0. The second kappa shape index (κ2) is 9.16. The van der Waals surface area contributed by atoms with E-state index in [9.17, 15) is 27.5 Å². The van der Waals surface area contributed by atoms with Crippen molar-refractivity contribution >= 4 is 5.78 Å². The third kappa shape index (κ3) is 5.39. The zero-order chi connectivity index (χ0) is 21.9. The van der Waals surface area contributed by atoms with Crippen LogP contribution in [0.4, 0.5) is 17.6 Å². The molecule has 2 aromatic rings. The van der Waals surface area contributed by atoms with Crippen molar-refractivity contribution in [2.75, 3.05) is 19.6 Å². The number of aromatic hydroxyl groups is 1. The number of ketones is 1. The maximum atomic E-state index is 14.2. The summed E-state index contributed by atoms with van der Waals surface area (Å²) < 4.78 is 51.7. The maximum absolute atomic E-state index is 14.2. The summed E-state index contributed by atoms with van der Waals surface area (Å²) in [5.41, 5.74) is 1.58. The molecule has 2 aromatic carbocycles. The Morgan fingerprint density at radius 1 is 1.20 bits per heavy atom. The summed E-state index contributed by atoms with van der Waals surface area (Å²) >= 11 is 0. The minimum Gasteiger partial charge on any atom is -0.508 e. The molecule has 0 amide bonds. The number of carbonyl (C=O) groups excluding carboxylic acids is 1. The van der Waals surface area contributed by atoms with Gasteiger partial charge in [-0.15, -0.1) is 0 Å². The molecule has 3 rings (SSSR count). The van der Waals surface area contributed by atoms with E-state index in [4.69, 9.17) is 0 Å². The van der Waals surface area contributed by atoms with Crippen LogP contribution in [0.1, 0.15) is 46.7 Å². The van der Waals surface area contributed by atoms with E-state index in [0.29, 0.717) is 30.6 Å². The van der Waals surface area contributed by atoms with Crippen LogP contribution in [-0.2, 0) is 0 Å². The number of Topliss-reactive ketones (excluding diaryl/α,β-unsaturated/α-hetero) is 1. The van der Waals surface area contributed by atoms with Crippen molar-refractivity contribution in [2.45, 2.75) is 38.3 Å². The molecule has 0 saturated carbocycles. The largest absolute Gasteiger partial charge is 0.508 e. The Labute approximate surface area is 173 Å². The summed E-state index contributed by atoms with van der Waals surface area (Å²) in [6, 6.07) is 10.8. The molecule has 1 saturated heterocycles. The summed E-state index contributed by atoms with van der Waals surface area (Å²) in [6.45, 7) is 2.77. The number of benzene rings is 2. The lowest BCUT2D eigenvalue weighted by Crippen LogP contribution is -2.43. The van der Waals surface area contributed by atoms with Crippen LogP contribution in [-0.4, -0.2) is 41.6 Å². The van der Waals surface area contributed by atoms with Gasteiger partial charge in [-0.05, 0) is 68.1 Å². The van der Waals surface area contributed by atoms with Gasteiger partial charge in [0.25, 0.3) is 0 Å². The lowest BCUT2D eigenvalue weighted by atomic mass is 9.75. The average Bonchev–Trinajstić information content (AvgIpc) is 2.69. The number of carbonyl (C=O) groups is 1. The lowest BCUT2D eigenvalue weighted by Gasteiger charge is -2.39. The first-order chi connectivity index (χ1) is 14.2. The highest BCUT2D eigenvalue weighted by Gasteiger charge is 2.37. The second-order valence-corrected chi connectivity index (χ2v) is 7.89. The average molecular weight is 423 g/mol. The van der Waals surface area contributed by atoms with Crippen LogP contribution in [0.5, 0.6) is 5.75 Å². The van der Waals surface area contributed by atoms with E-state index in [1.165, 1.54) is 18.2 Å². The summed E-state index contributed by atoms with van der Waals surface area (Å²) in [6.07, 6.45) is -4.54. The number of phenolic OH excluding ortho intramolecular Hbond substituents is 1. The van der Waals surface area contributed by atoms with Crippen molar-refractivity contribution in [3.05, 3.63) is 65.0 Å². The predicted octanol–water partition coefficient (Wildman–Crippen LogP) is 5.47. The second-order valence-electron chi connectivity index (χ2n) is 7.89. The van der Waals surface area contributed by atoms with Crippen LogP contribution < -0.4 is 0 Å². The van der Waals surface area contributed by atoms with Crippen LogP contribution in [0, 0.1) is 18.7 Å². The first kappa shape index (κ1) is 22.3. The van der Waals surface area contributed by atoms with Crippen LogP contribution in [0.2, 0.25) is 0 Å². The van der Waals surface area contributed by atoms with Crippen LogP contribution >= 0.6 is 0 Å². The van der Waals surface area contributed by atoms with Crippen molar-refractivity contribution in [1.29, 1.82) is 0 Å². The van der Waals surface area contributed by atoms with E-state index in [-0.39, 0.29) is 36.2 Å². The molecule has 0 aliphatic carbocycles. The SMILES string of the molecule is Cc1c(F)cccc1[C@H]1CCN(CCCC(F)(F)F)C[C@@H]1C(=O)c1cccc(O)c1. The lowest BCUT2D eigenvalue weighted by molar-refractivity contribution is -0.136. The van der Waals surface area contributed by atoms with Gasteiger partial charge in [0.05, 0.1) is 0 Å². The molecule has 1 heterocycles. The number of hydrogen-bond acceptors (Lipinski definition) is 3. The number of alkyl halides is 3. The number of nitrogens with zero attached hydrogens (tertiary/aromatic N) is 1. The third-order valence-corrected chi connectivity index (χ3v) is 5.81. The summed E-state index contributed by atoms with van der Waals surface area (Å²) in [7, 11) is 0. The van der Waals surface area contributed by atoms with Gasteiger partial charge in [0.2, 0.25) is 0 Å². The summed E-state index contributed by atoms with van der Waals surface area (Å²) in [4.78, 5) is 15.2. The van der Waals surface area contributed by atoms with E-state index >= 15 is 0 Å². The molecule has 162 valence electrons. The molecule has 1 N–H and O–H groups in total. The molecule has 0 spiro atoms. The Hall–Kier alpha value is -2.41. The van der Waals surface area contributed by atoms with E-state index in [2.05, 4.69) is 0 Å². The van der Waals surface area contributed by atoms with Crippen molar-refractivity contribution in [3.8, 4) is 5.75 Å². The number of rotatable bonds is 6. The molecule has 2 atom stereocenters. The van der Waals surface area contributed by atoms with Gasteiger partial charge in [-0.2, -0.15) is 13.2 Å². The molecule has 1 fully saturated rings. The van der Waals surface area contributed by atoms with Crippen LogP contribution in [0.15, 0.2) is 42.5 Å². The monoisotopic (exact) mass is 423 g/mol. The summed E-state index contributed by atoms with van der Waals surface area (Å²) in [5, 5.41) is 9.75. The van der Waals surface area contributed by atoms with E-state index in [0.717, 1.165) is 5.56 Å². The van der Waals surface area contributed by atoms with Crippen molar-refractivity contribution < 1.29 is 27.5 Å². The highest BCUT2D eigenvalue weighted by Crippen LogP contribution is 2.38. The normalized spacial score (nSPS) is 20.3. The molecule has 0 unspecified atom stereocenters. The van der Waals surface area contributed by atoms with Gasteiger partial charge < -0.3 is 10.0 Å². The standard InChI is InChI=1S/C23H25F4NO2/c1-15-18(7-3-8-21(15)24)19-9-12-28(11-4-10-23(25,26)27)14-20(19)22(30)16-5-2-6-17(29)13-16/h2-3,5-8,13,19-20,29H,4,9-12,14H2,1H3/t19-,20+/m1/s1. The Balaban J connectivity index is 1.85. The van der Waals surface area contributed by atoms with E-state index in [1.807, 2.05) is 11.0 Å². The smallest absolute Gasteiger partial charge is 0.389 e. The fraction of sp³-hybridized carbons (Fsp3) is 0.435. The molecule has 0 aromatic heterocycles. The van der Waals surface area contributed by atoms with Crippen molar-refractivity contribution in [3.63, 3.8) is 0 Å². The van der Waals surface area contributed by atoms with Gasteiger partial charge in [0.1, 0.15) is 11.6 Å². The topological polar surface area (TPSA) is 40.5 Å². The van der Waals surface area contributed by atoms with Gasteiger partial charge in [-0.1, -0.05) is 24.3 Å². The fourth-order valence-electron chi connectivity index (χ4n) is 4.26. The molecule has 7 heteroatoms. The number of likely N-dealkylation sites (tertiary alicyclic amines) is 1. The number of halogens is 4. The molecule has 0 radical (unpaired) electrons. The van der Waals surface area contributed by atoms with E-state index in [1.54, 1.807) is 25.1 Å². The minimum absolute atomic E-state index is 0.0276. The molecule has 1 aliphatic rings. The van der Waals surface area contributed by atoms with Gasteiger partial charge >= 0.3 is 6.18 Å². The third-order valence-electron chi connectivity index (χ3n) is 5.81. The van der Waals surface area contributed by atoms with Crippen LogP contribution in [0.3, 0.4) is 0 Å². The Morgan fingerprint density at radius 3 is 2.63 bits per heavy atom. The quantitative estimate of drug-likeness (QED) is 0.495. The zero-order valence-corrected chi connectivity index (χ0v) is 16.8. The number of phenols is 1. The molecule has 1 aliphatic heterocycles. The van der Waals surface area contributed by atoms with Crippen molar-refractivity contribution in [2.24, 2.45) is 5.92 Å². The van der Waals surface area contributed by atoms with Gasteiger partial charge in [-0.25, -0.2) is 4.39 Å². The predicted molar refractivity (Wildman–Crippen MR) is 106 cm³/mol. The Morgan fingerprint density at radius 2 is 1.93 bits per heavy atom. The maximum Gasteiger partial charge on any atom is 0.389 e. The van der Waals surface area contributed by atoms with Gasteiger partial charge in [-0.3, -0.25) is 4.79 Å². The van der Waals surface area contributed by atoms with Gasteiger partial charge in [0.15, 0.2) is 5.78 Å². The highest BCUT2D eigenvalue weighted by molar-refractivity contribution is 5.99. The molecule has 0 bridgehead atoms. The number of piperidine rings is 1.